The van der Waals surface area contributed by atoms with Gasteiger partial charge in [-0.15, -0.1) is 0 Å². The Labute approximate surface area is 216 Å². The van der Waals surface area contributed by atoms with E-state index in [1.165, 1.54) is 19.2 Å². The lowest BCUT2D eigenvalue weighted by molar-refractivity contribution is -0.132. The molecule has 0 aromatic heterocycles. The number of methoxy groups -OCH3 is 1. The fraction of sp³-hybridized carbons (Fsp3) is 0.0833. The molecule has 13 heteroatoms. The highest BCUT2D eigenvalue weighted by molar-refractivity contribution is 6.37. The van der Waals surface area contributed by atoms with Gasteiger partial charge in [-0.1, -0.05) is 23.2 Å². The van der Waals surface area contributed by atoms with Crippen LogP contribution < -0.4 is 15.5 Å². The maximum Gasteiger partial charge on any atom is 0.408 e. The third kappa shape index (κ3) is 4.34. The summed E-state index contributed by atoms with van der Waals surface area (Å²) in [5.74, 6) is -3.71. The second kappa shape index (κ2) is 9.52. The van der Waals surface area contributed by atoms with Gasteiger partial charge in [0, 0.05) is 29.1 Å². The number of fused-ring (bicyclic) bond motifs is 2. The summed E-state index contributed by atoms with van der Waals surface area (Å²) >= 11 is 12.6. The number of halogens is 2. The fourth-order valence-electron chi connectivity index (χ4n) is 4.04. The average Bonchev–Trinajstić information content (AvgIpc) is 2.85. The van der Waals surface area contributed by atoms with Crippen molar-refractivity contribution in [1.29, 1.82) is 0 Å². The molecule has 1 heterocycles. The highest BCUT2D eigenvalue weighted by Crippen LogP contribution is 2.49. The van der Waals surface area contributed by atoms with Gasteiger partial charge in [0.15, 0.2) is 22.8 Å². The van der Waals surface area contributed by atoms with Gasteiger partial charge in [-0.25, -0.2) is 14.4 Å². The van der Waals surface area contributed by atoms with Gasteiger partial charge in [0.25, 0.3) is 0 Å². The Hall–Kier alpha value is -4.48. The predicted octanol–water partition coefficient (Wildman–Crippen LogP) is 4.32. The minimum absolute atomic E-state index is 0.0280. The standard InChI is InChI=1S/C24H15Cl2NO10/c1-36-15-6-13-16(9-2-3-14(28)17(25)20(9)37-21(13)18(26)19(15)29)11-4-8(7-27-24(34)35)10(22(30)31)5-12(11)23(32)33/h2-3,5-7,27,29H,4H2,1H3,(H,30,31)(H,32,33)(H,34,35). The molecular weight excluding hydrogens is 533 g/mol. The first-order valence-electron chi connectivity index (χ1n) is 10.2. The Morgan fingerprint density at radius 3 is 2.41 bits per heavy atom. The van der Waals surface area contributed by atoms with Crippen molar-refractivity contribution in [2.75, 3.05) is 7.11 Å². The van der Waals surface area contributed by atoms with Crippen LogP contribution in [0.25, 0.3) is 27.9 Å². The minimum Gasteiger partial charge on any atom is -0.503 e. The Balaban J connectivity index is 2.22. The highest BCUT2D eigenvalue weighted by atomic mass is 35.5. The Kier molecular flexibility index (Phi) is 6.59. The number of carboxylic acids is 2. The van der Waals surface area contributed by atoms with Crippen molar-refractivity contribution in [1.82, 2.24) is 5.32 Å². The molecule has 0 fully saturated rings. The van der Waals surface area contributed by atoms with Crippen molar-refractivity contribution < 1.29 is 44.0 Å². The van der Waals surface area contributed by atoms with Gasteiger partial charge in [0.1, 0.15) is 10.0 Å². The van der Waals surface area contributed by atoms with Crippen molar-refractivity contribution in [2.45, 2.75) is 6.42 Å². The summed E-state index contributed by atoms with van der Waals surface area (Å²) in [5, 5.41) is 40.5. The van der Waals surface area contributed by atoms with E-state index in [4.69, 9.17) is 37.5 Å². The van der Waals surface area contributed by atoms with Crippen LogP contribution in [0.15, 0.2) is 56.4 Å². The number of nitrogens with one attached hydrogen (secondary N) is 1. The number of carbonyl (C=O) groups is 3. The molecule has 0 atom stereocenters. The quantitative estimate of drug-likeness (QED) is 0.288. The van der Waals surface area contributed by atoms with Crippen molar-refractivity contribution in [3.8, 4) is 22.8 Å². The molecule has 0 spiro atoms. The van der Waals surface area contributed by atoms with Crippen LogP contribution in [0.4, 0.5) is 4.79 Å². The summed E-state index contributed by atoms with van der Waals surface area (Å²) < 4.78 is 11.0. The van der Waals surface area contributed by atoms with Crippen LogP contribution in [-0.2, 0) is 9.59 Å². The molecule has 0 unspecified atom stereocenters. The topological polar surface area (TPSA) is 184 Å². The smallest absolute Gasteiger partial charge is 0.408 e. The molecular formula is C24H15Cl2NO10. The van der Waals surface area contributed by atoms with Crippen LogP contribution in [0.1, 0.15) is 12.0 Å². The normalized spacial score (nSPS) is 14.7. The van der Waals surface area contributed by atoms with E-state index in [0.29, 0.717) is 0 Å². The van der Waals surface area contributed by atoms with Crippen molar-refractivity contribution in [2.24, 2.45) is 0 Å². The van der Waals surface area contributed by atoms with Gasteiger partial charge < -0.3 is 29.6 Å². The lowest BCUT2D eigenvalue weighted by atomic mass is 9.81. The molecule has 0 saturated heterocycles. The summed E-state index contributed by atoms with van der Waals surface area (Å²) in [6.07, 6.45) is -0.0151. The van der Waals surface area contributed by atoms with Crippen LogP contribution in [0.5, 0.6) is 11.5 Å². The molecule has 0 saturated carbocycles. The zero-order valence-electron chi connectivity index (χ0n) is 18.6. The molecule has 0 radical (unpaired) electrons. The van der Waals surface area contributed by atoms with Gasteiger partial charge in [0.05, 0.1) is 18.3 Å². The first-order valence-corrected chi connectivity index (χ1v) is 11.0. The van der Waals surface area contributed by atoms with Crippen molar-refractivity contribution in [3.05, 3.63) is 73.0 Å². The molecule has 5 N–H and O–H groups in total. The molecule has 0 bridgehead atoms. The molecule has 4 rings (SSSR count). The molecule has 3 aliphatic rings. The molecule has 1 amide bonds. The molecule has 11 nitrogen and oxygen atoms in total. The number of rotatable bonds is 5. The lowest BCUT2D eigenvalue weighted by Crippen LogP contribution is -2.19. The number of phenolic OH excluding ortho intramolecular Hbond substituents is 1. The first kappa shape index (κ1) is 25.6. The molecule has 1 aliphatic heterocycles. The molecule has 2 aliphatic carbocycles. The SMILES string of the molecule is COc1cc2c(C3=C(C(=O)O)C=C(C(=O)O)C(=CNC(=O)O)C3)c3ccc(=O)c(Cl)c-3oc2c(Cl)c1O. The number of allylic oxidation sites excluding steroid dienone is 1. The average molecular weight is 548 g/mol. The van der Waals surface area contributed by atoms with E-state index in [2.05, 4.69) is 0 Å². The van der Waals surface area contributed by atoms with E-state index in [-0.39, 0.29) is 61.2 Å². The number of phenols is 1. The van der Waals surface area contributed by atoms with Gasteiger partial charge >= 0.3 is 18.0 Å². The monoisotopic (exact) mass is 547 g/mol. The summed E-state index contributed by atoms with van der Waals surface area (Å²) in [6, 6.07) is 3.81. The van der Waals surface area contributed by atoms with Gasteiger partial charge in [-0.3, -0.25) is 10.1 Å². The van der Waals surface area contributed by atoms with Crippen LogP contribution in [0.3, 0.4) is 0 Å². The number of aromatic hydroxyl groups is 1. The molecule has 190 valence electrons. The predicted molar refractivity (Wildman–Crippen MR) is 131 cm³/mol. The number of hydrogen-bond donors (Lipinski definition) is 5. The highest BCUT2D eigenvalue weighted by Gasteiger charge is 2.32. The van der Waals surface area contributed by atoms with Gasteiger partial charge in [-0.05, 0) is 35.4 Å². The first-order chi connectivity index (χ1) is 17.5. The Bertz CT molecular complexity index is 1650. The molecule has 37 heavy (non-hydrogen) atoms. The van der Waals surface area contributed by atoms with Gasteiger partial charge in [0.2, 0.25) is 5.43 Å². The zero-order valence-corrected chi connectivity index (χ0v) is 20.1. The van der Waals surface area contributed by atoms with Crippen LogP contribution in [0, 0.1) is 0 Å². The molecule has 1 aromatic carbocycles. The Morgan fingerprint density at radius 2 is 1.81 bits per heavy atom. The van der Waals surface area contributed by atoms with Crippen LogP contribution in [0.2, 0.25) is 10.0 Å². The minimum atomic E-state index is -1.48. The summed E-state index contributed by atoms with van der Waals surface area (Å²) in [5.41, 5.74) is -1.35. The summed E-state index contributed by atoms with van der Waals surface area (Å²) in [7, 11) is 1.26. The van der Waals surface area contributed by atoms with E-state index >= 15 is 0 Å². The van der Waals surface area contributed by atoms with E-state index in [1.807, 2.05) is 5.32 Å². The number of carboxylic acid groups (broad SMARTS) is 3. The largest absolute Gasteiger partial charge is 0.503 e. The second-order valence-electron chi connectivity index (χ2n) is 7.71. The third-order valence-electron chi connectivity index (χ3n) is 5.64. The number of amides is 1. The number of aliphatic carboxylic acids is 2. The van der Waals surface area contributed by atoms with E-state index in [0.717, 1.165) is 18.3 Å². The number of hydrogen-bond acceptors (Lipinski definition) is 7. The van der Waals surface area contributed by atoms with E-state index in [9.17, 15) is 34.5 Å². The van der Waals surface area contributed by atoms with Crippen molar-refractivity contribution >= 4 is 57.8 Å². The maximum absolute atomic E-state index is 12.3. The summed E-state index contributed by atoms with van der Waals surface area (Å²) in [4.78, 5) is 47.5. The maximum atomic E-state index is 12.3. The number of benzene rings is 2. The second-order valence-corrected chi connectivity index (χ2v) is 8.46. The Morgan fingerprint density at radius 1 is 1.11 bits per heavy atom. The van der Waals surface area contributed by atoms with Crippen LogP contribution in [-0.4, -0.2) is 45.6 Å². The van der Waals surface area contributed by atoms with Crippen LogP contribution >= 0.6 is 23.2 Å². The fourth-order valence-corrected chi connectivity index (χ4v) is 4.48. The van der Waals surface area contributed by atoms with Gasteiger partial charge in [-0.2, -0.15) is 0 Å². The van der Waals surface area contributed by atoms with Crippen molar-refractivity contribution in [3.63, 3.8) is 0 Å². The van der Waals surface area contributed by atoms with E-state index < -0.39 is 40.4 Å². The zero-order chi connectivity index (χ0) is 27.2. The van der Waals surface area contributed by atoms with E-state index in [1.54, 1.807) is 0 Å². The number of ether oxygens (including phenoxy) is 1. The molecule has 1 aromatic rings. The summed E-state index contributed by atoms with van der Waals surface area (Å²) in [6.45, 7) is 0. The third-order valence-corrected chi connectivity index (χ3v) is 6.35. The lowest BCUT2D eigenvalue weighted by Gasteiger charge is -2.24.